The number of rotatable bonds is 5. The maximum atomic E-state index is 7.06. The number of ether oxygens (including phenoxy) is 3. The lowest BCUT2D eigenvalue weighted by atomic mass is 10.1. The molecule has 0 N–H and O–H groups in total. The summed E-state index contributed by atoms with van der Waals surface area (Å²) in [6.07, 6.45) is 1.26. The average Bonchev–Trinajstić information content (AvgIpc) is 3.07. The van der Waals surface area contributed by atoms with Crippen LogP contribution in [0.15, 0.2) is 70.5 Å². The molecular weight excluding hydrogens is 519 g/mol. The van der Waals surface area contributed by atoms with Crippen molar-refractivity contribution in [2.45, 2.75) is 63.8 Å². The maximum Gasteiger partial charge on any atom is 0.261 e. The van der Waals surface area contributed by atoms with Gasteiger partial charge in [-0.2, -0.15) is 0 Å². The average molecular weight is 551 g/mol. The van der Waals surface area contributed by atoms with Crippen LogP contribution >= 0.6 is 22.6 Å². The first-order chi connectivity index (χ1) is 14.6. The topological polar surface area (TPSA) is 36.9 Å². The molecule has 166 valence electrons. The molecular formula is C25H31IO4Si. The van der Waals surface area contributed by atoms with Gasteiger partial charge in [-0.05, 0) is 51.9 Å². The highest BCUT2D eigenvalue weighted by molar-refractivity contribution is 14.1. The molecule has 31 heavy (non-hydrogen) atoms. The van der Waals surface area contributed by atoms with Gasteiger partial charge >= 0.3 is 0 Å². The van der Waals surface area contributed by atoms with Crippen LogP contribution < -0.4 is 10.4 Å². The van der Waals surface area contributed by atoms with E-state index in [0.29, 0.717) is 6.61 Å². The summed E-state index contributed by atoms with van der Waals surface area (Å²) >= 11 is 2.28. The lowest BCUT2D eigenvalue weighted by Gasteiger charge is -2.44. The monoisotopic (exact) mass is 550 g/mol. The van der Waals surface area contributed by atoms with Crippen molar-refractivity contribution in [2.75, 3.05) is 6.61 Å². The second-order valence-electron chi connectivity index (χ2n) is 9.67. The summed E-state index contributed by atoms with van der Waals surface area (Å²) in [6, 6.07) is 21.3. The molecule has 2 heterocycles. The van der Waals surface area contributed by atoms with Gasteiger partial charge in [0.05, 0.1) is 16.4 Å². The minimum absolute atomic E-state index is 0.0830. The molecule has 1 saturated heterocycles. The lowest BCUT2D eigenvalue weighted by Crippen LogP contribution is -2.67. The molecule has 0 saturated carbocycles. The van der Waals surface area contributed by atoms with E-state index in [0.717, 1.165) is 3.58 Å². The highest BCUT2D eigenvalue weighted by atomic mass is 127. The Kier molecular flexibility index (Phi) is 6.40. The molecule has 2 aromatic carbocycles. The Morgan fingerprint density at radius 3 is 2.00 bits per heavy atom. The van der Waals surface area contributed by atoms with Gasteiger partial charge in [-0.25, -0.2) is 0 Å². The Morgan fingerprint density at radius 1 is 0.935 bits per heavy atom. The molecule has 0 unspecified atom stereocenters. The fourth-order valence-electron chi connectivity index (χ4n) is 4.67. The Bertz CT molecular complexity index is 884. The number of benzene rings is 2. The third-order valence-electron chi connectivity index (χ3n) is 6.00. The molecule has 0 radical (unpaired) electrons. The Hall–Kier alpha value is -1.19. The molecule has 6 heteroatoms. The van der Waals surface area contributed by atoms with Crippen molar-refractivity contribution in [1.29, 1.82) is 0 Å². The quantitative estimate of drug-likeness (QED) is 0.398. The Balaban J connectivity index is 1.71. The standard InChI is InChI=1S/C25H31IO4Si/c1-24(2,3)31(18-12-8-6-9-13-18,19-14-10-7-11-15-19)28-17-21-23-22(20(26)16-27-21)29-25(4,5)30-23/h6-16,21-23H,17H2,1-5H3/t21-,22-,23+/m1/s1. The molecule has 0 aliphatic carbocycles. The minimum atomic E-state index is -2.63. The molecule has 2 aliphatic rings. The first-order valence-corrected chi connectivity index (χ1v) is 13.7. The second-order valence-corrected chi connectivity index (χ2v) is 15.2. The first kappa shape index (κ1) is 23.0. The Labute approximate surface area is 200 Å². The van der Waals surface area contributed by atoms with Gasteiger partial charge < -0.3 is 18.6 Å². The van der Waals surface area contributed by atoms with Gasteiger partial charge in [-0.15, -0.1) is 0 Å². The van der Waals surface area contributed by atoms with Gasteiger partial charge in [0.25, 0.3) is 8.32 Å². The van der Waals surface area contributed by atoms with E-state index in [1.807, 2.05) is 13.8 Å². The third kappa shape index (κ3) is 4.37. The summed E-state index contributed by atoms with van der Waals surface area (Å²) in [5.41, 5.74) is 0. The zero-order chi connectivity index (χ0) is 22.3. The molecule has 0 amide bonds. The van der Waals surface area contributed by atoms with E-state index in [-0.39, 0.29) is 23.4 Å². The van der Waals surface area contributed by atoms with E-state index in [1.54, 1.807) is 6.26 Å². The predicted molar refractivity (Wildman–Crippen MR) is 134 cm³/mol. The summed E-state index contributed by atoms with van der Waals surface area (Å²) in [5.74, 6) is -0.636. The minimum Gasteiger partial charge on any atom is -0.492 e. The van der Waals surface area contributed by atoms with Gasteiger partial charge in [0.1, 0.15) is 18.3 Å². The predicted octanol–water partition coefficient (Wildman–Crippen LogP) is 4.76. The lowest BCUT2D eigenvalue weighted by molar-refractivity contribution is -0.154. The van der Waals surface area contributed by atoms with E-state index in [1.165, 1.54) is 10.4 Å². The van der Waals surface area contributed by atoms with Gasteiger partial charge in [0, 0.05) is 0 Å². The van der Waals surface area contributed by atoms with Gasteiger partial charge in [0.2, 0.25) is 0 Å². The van der Waals surface area contributed by atoms with Crippen molar-refractivity contribution in [3.8, 4) is 0 Å². The normalized spacial score (nSPS) is 25.5. The zero-order valence-corrected chi connectivity index (χ0v) is 22.0. The maximum absolute atomic E-state index is 7.06. The van der Waals surface area contributed by atoms with Crippen LogP contribution in [0.25, 0.3) is 0 Å². The van der Waals surface area contributed by atoms with Crippen LogP contribution in [0.5, 0.6) is 0 Å². The third-order valence-corrected chi connectivity index (χ3v) is 11.9. The summed E-state index contributed by atoms with van der Waals surface area (Å²) in [4.78, 5) is 0. The fraction of sp³-hybridized carbons (Fsp3) is 0.440. The summed E-state index contributed by atoms with van der Waals surface area (Å²) in [7, 11) is -2.63. The van der Waals surface area contributed by atoms with E-state index in [9.17, 15) is 0 Å². The van der Waals surface area contributed by atoms with E-state index < -0.39 is 14.1 Å². The SMILES string of the molecule is CC1(C)O[C@@H]2[C@H](O1)C(I)=CO[C@@H]2CO[Si](c1ccccc1)(c1ccccc1)C(C)(C)C. The number of hydrogen-bond donors (Lipinski definition) is 0. The van der Waals surface area contributed by atoms with E-state index in [2.05, 4.69) is 104 Å². The molecule has 1 fully saturated rings. The van der Waals surface area contributed by atoms with E-state index >= 15 is 0 Å². The number of hydrogen-bond acceptors (Lipinski definition) is 4. The molecule has 0 aromatic heterocycles. The molecule has 4 nitrogen and oxygen atoms in total. The van der Waals surface area contributed by atoms with Crippen molar-refractivity contribution in [2.24, 2.45) is 0 Å². The number of fused-ring (bicyclic) bond motifs is 1. The van der Waals surface area contributed by atoms with Crippen LogP contribution in [0.4, 0.5) is 0 Å². The Morgan fingerprint density at radius 2 is 1.48 bits per heavy atom. The molecule has 0 bridgehead atoms. The summed E-state index contributed by atoms with van der Waals surface area (Å²) in [5, 5.41) is 2.44. The van der Waals surface area contributed by atoms with Gasteiger partial charge in [-0.1, -0.05) is 81.4 Å². The molecule has 4 rings (SSSR count). The van der Waals surface area contributed by atoms with Crippen LogP contribution in [0.3, 0.4) is 0 Å². The van der Waals surface area contributed by atoms with Crippen LogP contribution in [-0.4, -0.2) is 39.0 Å². The van der Waals surface area contributed by atoms with Crippen molar-refractivity contribution in [1.82, 2.24) is 0 Å². The van der Waals surface area contributed by atoms with Crippen LogP contribution in [0.2, 0.25) is 5.04 Å². The second kappa shape index (κ2) is 8.63. The largest absolute Gasteiger partial charge is 0.492 e. The fourth-order valence-corrected chi connectivity index (χ4v) is 9.87. The van der Waals surface area contributed by atoms with Crippen molar-refractivity contribution in [3.63, 3.8) is 0 Å². The zero-order valence-electron chi connectivity index (χ0n) is 18.8. The van der Waals surface area contributed by atoms with Crippen LogP contribution in [0, 0.1) is 0 Å². The van der Waals surface area contributed by atoms with Crippen LogP contribution in [-0.2, 0) is 18.6 Å². The van der Waals surface area contributed by atoms with Gasteiger partial charge in [-0.3, -0.25) is 0 Å². The molecule has 0 spiro atoms. The van der Waals surface area contributed by atoms with Crippen molar-refractivity contribution < 1.29 is 18.6 Å². The molecule has 3 atom stereocenters. The summed E-state index contributed by atoms with van der Waals surface area (Å²) < 4.78 is 26.6. The summed E-state index contributed by atoms with van der Waals surface area (Å²) in [6.45, 7) is 11.2. The van der Waals surface area contributed by atoms with Crippen LogP contribution in [0.1, 0.15) is 34.6 Å². The van der Waals surface area contributed by atoms with E-state index in [4.69, 9.17) is 18.6 Å². The van der Waals surface area contributed by atoms with Crippen molar-refractivity contribution >= 4 is 41.3 Å². The highest BCUT2D eigenvalue weighted by Gasteiger charge is 2.53. The van der Waals surface area contributed by atoms with Gasteiger partial charge in [0.15, 0.2) is 5.79 Å². The highest BCUT2D eigenvalue weighted by Crippen LogP contribution is 2.41. The van der Waals surface area contributed by atoms with Crippen molar-refractivity contribution in [3.05, 3.63) is 70.5 Å². The number of halogens is 1. The molecule has 2 aromatic rings. The smallest absolute Gasteiger partial charge is 0.261 e. The molecule has 2 aliphatic heterocycles. The first-order valence-electron chi connectivity index (χ1n) is 10.8.